The van der Waals surface area contributed by atoms with Crippen LogP contribution in [0, 0.1) is 17.3 Å². The molecule has 1 fully saturated rings. The third kappa shape index (κ3) is 4.02. The van der Waals surface area contributed by atoms with Gasteiger partial charge in [-0.3, -0.25) is 0 Å². The Morgan fingerprint density at radius 3 is 2.70 bits per heavy atom. The summed E-state index contributed by atoms with van der Waals surface area (Å²) >= 11 is 0. The SMILES string of the molecule is CC(C)C(C)(C)CNc1ccc(N)c(OCC2CC2)n1. The molecule has 0 unspecified atom stereocenters. The van der Waals surface area contributed by atoms with Crippen molar-refractivity contribution in [2.45, 2.75) is 40.5 Å². The van der Waals surface area contributed by atoms with Gasteiger partial charge in [0.15, 0.2) is 0 Å². The first-order valence-corrected chi connectivity index (χ1v) is 7.51. The highest BCUT2D eigenvalue weighted by Gasteiger charge is 2.23. The molecule has 0 bridgehead atoms. The lowest BCUT2D eigenvalue weighted by atomic mass is 9.81. The van der Waals surface area contributed by atoms with Gasteiger partial charge in [0.25, 0.3) is 0 Å². The van der Waals surface area contributed by atoms with Gasteiger partial charge in [-0.15, -0.1) is 0 Å². The minimum Gasteiger partial charge on any atom is -0.476 e. The highest BCUT2D eigenvalue weighted by atomic mass is 16.5. The number of anilines is 2. The van der Waals surface area contributed by atoms with Crippen LogP contribution in [-0.2, 0) is 0 Å². The van der Waals surface area contributed by atoms with Gasteiger partial charge in [-0.1, -0.05) is 27.7 Å². The fraction of sp³-hybridized carbons (Fsp3) is 0.688. The molecule has 1 aromatic rings. The quantitative estimate of drug-likeness (QED) is 0.800. The predicted octanol–water partition coefficient (Wildman–Crippen LogP) is 3.55. The molecular weight excluding hydrogens is 250 g/mol. The van der Waals surface area contributed by atoms with Crippen molar-refractivity contribution in [2.24, 2.45) is 17.3 Å². The molecule has 0 aliphatic heterocycles. The van der Waals surface area contributed by atoms with Crippen molar-refractivity contribution in [3.8, 4) is 5.88 Å². The molecule has 20 heavy (non-hydrogen) atoms. The van der Waals surface area contributed by atoms with Gasteiger partial charge < -0.3 is 15.8 Å². The number of nitrogens with zero attached hydrogens (tertiary/aromatic N) is 1. The molecule has 0 atom stereocenters. The second-order valence-corrected chi connectivity index (χ2v) is 6.84. The van der Waals surface area contributed by atoms with Crippen LogP contribution in [0.3, 0.4) is 0 Å². The number of nitrogens with two attached hydrogens (primary N) is 1. The summed E-state index contributed by atoms with van der Waals surface area (Å²) in [6, 6.07) is 3.77. The van der Waals surface area contributed by atoms with E-state index in [1.165, 1.54) is 12.8 Å². The second kappa shape index (κ2) is 5.90. The summed E-state index contributed by atoms with van der Waals surface area (Å²) in [7, 11) is 0. The lowest BCUT2D eigenvalue weighted by molar-refractivity contribution is 0.269. The molecule has 2 rings (SSSR count). The van der Waals surface area contributed by atoms with Gasteiger partial charge in [-0.2, -0.15) is 4.98 Å². The lowest BCUT2D eigenvalue weighted by Crippen LogP contribution is -2.28. The Morgan fingerprint density at radius 1 is 1.40 bits per heavy atom. The molecule has 0 saturated heterocycles. The van der Waals surface area contributed by atoms with Crippen LogP contribution in [0.4, 0.5) is 11.5 Å². The van der Waals surface area contributed by atoms with Gasteiger partial charge in [0.05, 0.1) is 12.3 Å². The minimum atomic E-state index is 0.220. The summed E-state index contributed by atoms with van der Waals surface area (Å²) in [5, 5.41) is 3.39. The first-order valence-electron chi connectivity index (χ1n) is 7.51. The standard InChI is InChI=1S/C16H27N3O/c1-11(2)16(3,4)10-18-14-8-7-13(17)15(19-14)20-9-12-5-6-12/h7-8,11-12H,5-6,9-10,17H2,1-4H3,(H,18,19). The van der Waals surface area contributed by atoms with Gasteiger partial charge in [-0.05, 0) is 42.2 Å². The molecule has 1 aromatic heterocycles. The van der Waals surface area contributed by atoms with Crippen LogP contribution in [-0.4, -0.2) is 18.1 Å². The number of aromatic nitrogens is 1. The van der Waals surface area contributed by atoms with E-state index in [1.54, 1.807) is 0 Å². The number of nitrogen functional groups attached to an aromatic ring is 1. The van der Waals surface area contributed by atoms with E-state index in [2.05, 4.69) is 38.0 Å². The summed E-state index contributed by atoms with van der Waals surface area (Å²) in [6.45, 7) is 10.6. The van der Waals surface area contributed by atoms with E-state index in [0.717, 1.165) is 19.0 Å². The van der Waals surface area contributed by atoms with Crippen LogP contribution in [0.25, 0.3) is 0 Å². The summed E-state index contributed by atoms with van der Waals surface area (Å²) < 4.78 is 5.70. The molecule has 0 amide bonds. The van der Waals surface area contributed by atoms with Crippen molar-refractivity contribution in [1.29, 1.82) is 0 Å². The number of nitrogens with one attached hydrogen (secondary N) is 1. The molecule has 0 radical (unpaired) electrons. The predicted molar refractivity (Wildman–Crippen MR) is 84.0 cm³/mol. The zero-order chi connectivity index (χ0) is 14.8. The number of ether oxygens (including phenoxy) is 1. The van der Waals surface area contributed by atoms with Crippen molar-refractivity contribution in [1.82, 2.24) is 4.98 Å². The Morgan fingerprint density at radius 2 is 2.10 bits per heavy atom. The van der Waals surface area contributed by atoms with E-state index in [9.17, 15) is 0 Å². The second-order valence-electron chi connectivity index (χ2n) is 6.84. The van der Waals surface area contributed by atoms with E-state index in [1.807, 2.05) is 12.1 Å². The van der Waals surface area contributed by atoms with Crippen LogP contribution in [0.1, 0.15) is 40.5 Å². The smallest absolute Gasteiger partial charge is 0.239 e. The average Bonchev–Trinajstić information content (AvgIpc) is 3.20. The van der Waals surface area contributed by atoms with Crippen molar-refractivity contribution < 1.29 is 4.74 Å². The molecule has 1 aliphatic rings. The fourth-order valence-electron chi connectivity index (χ4n) is 1.67. The number of hydrogen-bond donors (Lipinski definition) is 2. The molecule has 0 aromatic carbocycles. The minimum absolute atomic E-state index is 0.220. The van der Waals surface area contributed by atoms with Gasteiger partial charge >= 0.3 is 0 Å². The first-order chi connectivity index (χ1) is 9.38. The molecule has 1 saturated carbocycles. The Balaban J connectivity index is 1.95. The average molecular weight is 277 g/mol. The highest BCUT2D eigenvalue weighted by molar-refractivity contribution is 5.53. The number of pyridine rings is 1. The van der Waals surface area contributed by atoms with Crippen LogP contribution in [0.2, 0.25) is 0 Å². The van der Waals surface area contributed by atoms with E-state index in [-0.39, 0.29) is 5.41 Å². The monoisotopic (exact) mass is 277 g/mol. The van der Waals surface area contributed by atoms with E-state index >= 15 is 0 Å². The zero-order valence-electron chi connectivity index (χ0n) is 13.1. The molecule has 1 aliphatic carbocycles. The van der Waals surface area contributed by atoms with Gasteiger partial charge in [0.1, 0.15) is 5.82 Å². The van der Waals surface area contributed by atoms with Gasteiger partial charge in [0.2, 0.25) is 5.88 Å². The largest absolute Gasteiger partial charge is 0.476 e. The van der Waals surface area contributed by atoms with Crippen LogP contribution in [0.5, 0.6) is 5.88 Å². The molecule has 0 spiro atoms. The highest BCUT2D eigenvalue weighted by Crippen LogP contribution is 2.31. The van der Waals surface area contributed by atoms with E-state index in [0.29, 0.717) is 23.4 Å². The van der Waals surface area contributed by atoms with Crippen molar-refractivity contribution >= 4 is 11.5 Å². The van der Waals surface area contributed by atoms with Crippen molar-refractivity contribution in [3.63, 3.8) is 0 Å². The molecule has 1 heterocycles. The summed E-state index contributed by atoms with van der Waals surface area (Å²) in [5.41, 5.74) is 6.74. The first kappa shape index (κ1) is 14.9. The maximum absolute atomic E-state index is 5.91. The molecule has 3 N–H and O–H groups in total. The Bertz CT molecular complexity index is 453. The molecule has 4 nitrogen and oxygen atoms in total. The fourth-order valence-corrected chi connectivity index (χ4v) is 1.67. The number of rotatable bonds is 7. The van der Waals surface area contributed by atoms with E-state index < -0.39 is 0 Å². The maximum Gasteiger partial charge on any atom is 0.239 e. The summed E-state index contributed by atoms with van der Waals surface area (Å²) in [4.78, 5) is 4.48. The Kier molecular flexibility index (Phi) is 4.41. The van der Waals surface area contributed by atoms with Crippen LogP contribution < -0.4 is 15.8 Å². The Labute approximate surface area is 122 Å². The van der Waals surface area contributed by atoms with Crippen molar-refractivity contribution in [2.75, 3.05) is 24.2 Å². The lowest BCUT2D eigenvalue weighted by Gasteiger charge is -2.29. The molecule has 4 heteroatoms. The van der Waals surface area contributed by atoms with Crippen LogP contribution in [0.15, 0.2) is 12.1 Å². The van der Waals surface area contributed by atoms with Gasteiger partial charge in [0, 0.05) is 6.54 Å². The Hall–Kier alpha value is -1.45. The molecule has 112 valence electrons. The van der Waals surface area contributed by atoms with Gasteiger partial charge in [-0.25, -0.2) is 0 Å². The topological polar surface area (TPSA) is 60.2 Å². The van der Waals surface area contributed by atoms with E-state index in [4.69, 9.17) is 10.5 Å². The summed E-state index contributed by atoms with van der Waals surface area (Å²) in [5.74, 6) is 2.70. The normalized spacial score (nSPS) is 15.4. The summed E-state index contributed by atoms with van der Waals surface area (Å²) in [6.07, 6.45) is 2.53. The third-order valence-corrected chi connectivity index (χ3v) is 4.33. The van der Waals surface area contributed by atoms with Crippen molar-refractivity contribution in [3.05, 3.63) is 12.1 Å². The van der Waals surface area contributed by atoms with Crippen LogP contribution >= 0.6 is 0 Å². The number of hydrogen-bond acceptors (Lipinski definition) is 4. The molecular formula is C16H27N3O. The zero-order valence-corrected chi connectivity index (χ0v) is 13.1. The maximum atomic E-state index is 5.91. The third-order valence-electron chi connectivity index (χ3n) is 4.33.